The number of aryl methyl sites for hydroxylation is 1. The summed E-state index contributed by atoms with van der Waals surface area (Å²) in [6.07, 6.45) is 1.76. The van der Waals surface area contributed by atoms with Gasteiger partial charge in [-0.3, -0.25) is 10.1 Å². The van der Waals surface area contributed by atoms with Crippen LogP contribution < -0.4 is 10.2 Å². The summed E-state index contributed by atoms with van der Waals surface area (Å²) in [5.41, 5.74) is 0.912. The van der Waals surface area contributed by atoms with Gasteiger partial charge in [-0.1, -0.05) is 6.07 Å². The number of nitrogens with one attached hydrogen (secondary N) is 1. The number of nitro groups is 1. The van der Waals surface area contributed by atoms with Crippen molar-refractivity contribution in [3.8, 4) is 0 Å². The van der Waals surface area contributed by atoms with Gasteiger partial charge in [-0.2, -0.15) is 4.31 Å². The molecule has 0 atom stereocenters. The van der Waals surface area contributed by atoms with Gasteiger partial charge in [-0.05, 0) is 42.8 Å². The van der Waals surface area contributed by atoms with Gasteiger partial charge >= 0.3 is 0 Å². The van der Waals surface area contributed by atoms with Gasteiger partial charge in [-0.15, -0.1) is 10.2 Å². The van der Waals surface area contributed by atoms with E-state index in [1.165, 1.54) is 28.6 Å². The second-order valence-corrected chi connectivity index (χ2v) is 9.20. The second-order valence-electron chi connectivity index (χ2n) is 7.26. The zero-order valence-corrected chi connectivity index (χ0v) is 18.1. The van der Waals surface area contributed by atoms with Gasteiger partial charge in [0.05, 0.1) is 9.82 Å². The Balaban J connectivity index is 1.37. The summed E-state index contributed by atoms with van der Waals surface area (Å²) in [6.45, 7) is 3.41. The summed E-state index contributed by atoms with van der Waals surface area (Å²) < 4.78 is 27.1. The van der Waals surface area contributed by atoms with Crippen LogP contribution in [0, 0.1) is 17.0 Å². The molecule has 0 aliphatic carbocycles. The van der Waals surface area contributed by atoms with Gasteiger partial charge in [0, 0.05) is 44.5 Å². The first-order valence-corrected chi connectivity index (χ1v) is 11.3. The van der Waals surface area contributed by atoms with E-state index < -0.39 is 14.9 Å². The SMILES string of the molecule is Cc1ccc(Nc2ccc(N3CCN(S(=O)(=O)c4ccc([N+](=O)[O-])cc4)CC3)nn2)nc1. The zero-order chi connectivity index (χ0) is 22.7. The largest absolute Gasteiger partial charge is 0.352 e. The molecule has 0 radical (unpaired) electrons. The predicted octanol–water partition coefficient (Wildman–Crippen LogP) is 2.34. The third kappa shape index (κ3) is 4.65. The van der Waals surface area contributed by atoms with E-state index >= 15 is 0 Å². The Morgan fingerprint density at radius 2 is 1.62 bits per heavy atom. The molecule has 1 saturated heterocycles. The van der Waals surface area contributed by atoms with Crippen molar-refractivity contribution in [3.63, 3.8) is 0 Å². The molecule has 0 spiro atoms. The van der Waals surface area contributed by atoms with Crippen LogP contribution in [0.4, 0.5) is 23.1 Å². The Labute approximate surface area is 184 Å². The number of rotatable bonds is 6. The van der Waals surface area contributed by atoms with Crippen molar-refractivity contribution in [2.75, 3.05) is 36.4 Å². The zero-order valence-electron chi connectivity index (χ0n) is 17.2. The number of pyridine rings is 1. The molecule has 0 unspecified atom stereocenters. The number of piperazine rings is 1. The van der Waals surface area contributed by atoms with Crippen LogP contribution in [0.5, 0.6) is 0 Å². The average molecular weight is 456 g/mol. The Kier molecular flexibility index (Phi) is 5.97. The maximum Gasteiger partial charge on any atom is 0.269 e. The lowest BCUT2D eigenvalue weighted by Crippen LogP contribution is -2.48. The van der Waals surface area contributed by atoms with Crippen molar-refractivity contribution in [3.05, 3.63) is 70.4 Å². The van der Waals surface area contributed by atoms with E-state index in [2.05, 4.69) is 20.5 Å². The first-order chi connectivity index (χ1) is 15.3. The van der Waals surface area contributed by atoms with E-state index in [9.17, 15) is 18.5 Å². The molecule has 1 fully saturated rings. The van der Waals surface area contributed by atoms with Gasteiger partial charge in [-0.25, -0.2) is 13.4 Å². The number of hydrogen-bond acceptors (Lipinski definition) is 9. The minimum atomic E-state index is -3.72. The van der Waals surface area contributed by atoms with E-state index in [0.717, 1.165) is 5.56 Å². The van der Waals surface area contributed by atoms with Crippen LogP contribution in [0.2, 0.25) is 0 Å². The van der Waals surface area contributed by atoms with Crippen molar-refractivity contribution < 1.29 is 13.3 Å². The lowest BCUT2D eigenvalue weighted by Gasteiger charge is -2.34. The summed E-state index contributed by atoms with van der Waals surface area (Å²) in [7, 11) is -3.72. The summed E-state index contributed by atoms with van der Waals surface area (Å²) in [5.74, 6) is 1.88. The maximum atomic E-state index is 12.8. The number of nitro benzene ring substituents is 1. The smallest absolute Gasteiger partial charge is 0.269 e. The Bertz CT molecular complexity index is 1190. The maximum absolute atomic E-state index is 12.8. The molecule has 3 heterocycles. The molecule has 11 nitrogen and oxygen atoms in total. The number of anilines is 3. The van der Waals surface area contributed by atoms with Gasteiger partial charge in [0.15, 0.2) is 11.6 Å². The molecule has 4 rings (SSSR count). The normalized spacial score (nSPS) is 14.8. The van der Waals surface area contributed by atoms with Crippen molar-refractivity contribution >= 4 is 33.2 Å². The van der Waals surface area contributed by atoms with Crippen LogP contribution >= 0.6 is 0 Å². The van der Waals surface area contributed by atoms with Crippen molar-refractivity contribution in [1.29, 1.82) is 0 Å². The molecular weight excluding hydrogens is 434 g/mol. The lowest BCUT2D eigenvalue weighted by molar-refractivity contribution is -0.384. The molecule has 166 valence electrons. The monoisotopic (exact) mass is 455 g/mol. The quantitative estimate of drug-likeness (QED) is 0.439. The van der Waals surface area contributed by atoms with Gasteiger partial charge in [0.1, 0.15) is 5.82 Å². The molecule has 2 aromatic heterocycles. The summed E-state index contributed by atoms with van der Waals surface area (Å²) in [5, 5.41) is 22.3. The Morgan fingerprint density at radius 3 is 2.19 bits per heavy atom. The number of nitrogens with zero attached hydrogens (tertiary/aromatic N) is 6. The molecule has 12 heteroatoms. The fraction of sp³-hybridized carbons (Fsp3) is 0.250. The molecule has 0 saturated carbocycles. The third-order valence-electron chi connectivity index (χ3n) is 5.07. The highest BCUT2D eigenvalue weighted by Crippen LogP contribution is 2.22. The summed E-state index contributed by atoms with van der Waals surface area (Å²) >= 11 is 0. The van der Waals surface area contributed by atoms with E-state index in [0.29, 0.717) is 30.5 Å². The van der Waals surface area contributed by atoms with Crippen molar-refractivity contribution in [1.82, 2.24) is 19.5 Å². The third-order valence-corrected chi connectivity index (χ3v) is 6.98. The van der Waals surface area contributed by atoms with Gasteiger partial charge in [0.25, 0.3) is 5.69 Å². The van der Waals surface area contributed by atoms with Gasteiger partial charge < -0.3 is 10.2 Å². The lowest BCUT2D eigenvalue weighted by atomic mass is 10.3. The second kappa shape index (κ2) is 8.85. The first-order valence-electron chi connectivity index (χ1n) is 9.86. The van der Waals surface area contributed by atoms with E-state index in [-0.39, 0.29) is 23.7 Å². The Morgan fingerprint density at radius 1 is 0.938 bits per heavy atom. The molecule has 1 aliphatic heterocycles. The summed E-state index contributed by atoms with van der Waals surface area (Å²) in [6, 6.07) is 12.3. The van der Waals surface area contributed by atoms with E-state index in [4.69, 9.17) is 0 Å². The number of hydrogen-bond donors (Lipinski definition) is 1. The molecule has 1 N–H and O–H groups in total. The predicted molar refractivity (Wildman–Crippen MR) is 118 cm³/mol. The van der Waals surface area contributed by atoms with Crippen LogP contribution in [0.15, 0.2) is 59.6 Å². The first kappa shape index (κ1) is 21.6. The fourth-order valence-corrected chi connectivity index (χ4v) is 4.70. The van der Waals surface area contributed by atoms with E-state index in [1.54, 1.807) is 12.3 Å². The number of aromatic nitrogens is 3. The molecule has 32 heavy (non-hydrogen) atoms. The van der Waals surface area contributed by atoms with Gasteiger partial charge in [0.2, 0.25) is 10.0 Å². The molecule has 0 bridgehead atoms. The fourth-order valence-electron chi connectivity index (χ4n) is 3.28. The van der Waals surface area contributed by atoms with Crippen LogP contribution in [-0.4, -0.2) is 59.0 Å². The van der Waals surface area contributed by atoms with Crippen molar-refractivity contribution in [2.45, 2.75) is 11.8 Å². The van der Waals surface area contributed by atoms with E-state index in [1.807, 2.05) is 30.0 Å². The highest BCUT2D eigenvalue weighted by Gasteiger charge is 2.29. The number of non-ortho nitro benzene ring substituents is 1. The molecule has 0 amide bonds. The van der Waals surface area contributed by atoms with Crippen LogP contribution in [0.3, 0.4) is 0 Å². The molecular formula is C20H21N7O4S. The topological polar surface area (TPSA) is 134 Å². The van der Waals surface area contributed by atoms with Crippen molar-refractivity contribution in [2.24, 2.45) is 0 Å². The molecule has 1 aromatic carbocycles. The van der Waals surface area contributed by atoms with Crippen LogP contribution in [-0.2, 0) is 10.0 Å². The van der Waals surface area contributed by atoms with Crippen LogP contribution in [0.1, 0.15) is 5.56 Å². The summed E-state index contributed by atoms with van der Waals surface area (Å²) in [4.78, 5) is 16.5. The van der Waals surface area contributed by atoms with Crippen LogP contribution in [0.25, 0.3) is 0 Å². The average Bonchev–Trinajstić information content (AvgIpc) is 2.81. The number of benzene rings is 1. The standard InChI is InChI=1S/C20H21N7O4S/c1-15-2-7-18(21-14-15)22-19-8-9-20(24-23-19)25-10-12-26(13-11-25)32(30,31)17-5-3-16(4-6-17)27(28)29/h2-9,14H,10-13H2,1H3,(H,21,22,23). The highest BCUT2D eigenvalue weighted by atomic mass is 32.2. The number of sulfonamides is 1. The Hall–Kier alpha value is -3.64. The molecule has 3 aromatic rings. The molecule has 1 aliphatic rings. The minimum absolute atomic E-state index is 0.0384. The highest BCUT2D eigenvalue weighted by molar-refractivity contribution is 7.89. The minimum Gasteiger partial charge on any atom is -0.352 e.